The maximum Gasteiger partial charge on any atom is 0.490 e. The summed E-state index contributed by atoms with van der Waals surface area (Å²) in [4.78, 5) is 25.4. The zero-order valence-electron chi connectivity index (χ0n) is 15.6. The van der Waals surface area contributed by atoms with Gasteiger partial charge in [0.2, 0.25) is 11.0 Å². The molecule has 12 heteroatoms. The molecule has 2 aliphatic heterocycles. The quantitative estimate of drug-likeness (QED) is 0.776. The summed E-state index contributed by atoms with van der Waals surface area (Å²) >= 11 is 1.56. The van der Waals surface area contributed by atoms with Gasteiger partial charge in [-0.15, -0.1) is 10.2 Å². The predicted molar refractivity (Wildman–Crippen MR) is 95.1 cm³/mol. The Labute approximate surface area is 164 Å². The molecule has 2 fully saturated rings. The summed E-state index contributed by atoms with van der Waals surface area (Å²) in [5.74, 6) is -2.48. The highest BCUT2D eigenvalue weighted by molar-refractivity contribution is 7.13. The van der Waals surface area contributed by atoms with Crippen LogP contribution >= 0.6 is 11.3 Å². The minimum absolute atomic E-state index is 0.0445. The predicted octanol–water partition coefficient (Wildman–Crippen LogP) is 2.03. The number of halogens is 3. The second-order valence-electron chi connectivity index (χ2n) is 7.00. The molecule has 0 bridgehead atoms. The first-order valence-electron chi connectivity index (χ1n) is 8.78. The van der Waals surface area contributed by atoms with E-state index in [1.165, 1.54) is 0 Å². The van der Waals surface area contributed by atoms with E-state index in [0.29, 0.717) is 13.2 Å². The number of carbonyl (C=O) groups excluding carboxylic acids is 1. The second kappa shape index (κ2) is 9.03. The number of piperidine rings is 1. The molecule has 1 unspecified atom stereocenters. The van der Waals surface area contributed by atoms with Crippen molar-refractivity contribution in [2.75, 3.05) is 37.7 Å². The molecule has 1 amide bonds. The van der Waals surface area contributed by atoms with Gasteiger partial charge in [-0.05, 0) is 12.8 Å². The van der Waals surface area contributed by atoms with E-state index in [2.05, 4.69) is 15.1 Å². The highest BCUT2D eigenvalue weighted by Gasteiger charge is 2.42. The molecular formula is C16H23F3N4O4S. The average molecular weight is 424 g/mol. The van der Waals surface area contributed by atoms with Crippen molar-refractivity contribution in [3.63, 3.8) is 0 Å². The number of carboxylic acid groups (broad SMARTS) is 1. The van der Waals surface area contributed by atoms with Crippen LogP contribution < -0.4 is 4.90 Å². The Morgan fingerprint density at radius 2 is 2.00 bits per heavy atom. The van der Waals surface area contributed by atoms with Gasteiger partial charge in [0, 0.05) is 19.0 Å². The molecule has 3 heterocycles. The smallest absolute Gasteiger partial charge is 0.475 e. The number of likely N-dealkylation sites (tertiary alicyclic amines) is 1. The molecule has 158 valence electrons. The highest BCUT2D eigenvalue weighted by atomic mass is 32.1. The summed E-state index contributed by atoms with van der Waals surface area (Å²) in [6.07, 6.45) is -3.08. The van der Waals surface area contributed by atoms with Crippen molar-refractivity contribution in [3.8, 4) is 0 Å². The lowest BCUT2D eigenvalue weighted by atomic mass is 9.90. The molecule has 28 heavy (non-hydrogen) atoms. The number of aromatic nitrogens is 2. The van der Waals surface area contributed by atoms with Crippen molar-refractivity contribution in [2.45, 2.75) is 38.5 Å². The molecular weight excluding hydrogens is 401 g/mol. The Balaban J connectivity index is 0.000000345. The molecule has 0 saturated carbocycles. The van der Waals surface area contributed by atoms with Gasteiger partial charge >= 0.3 is 12.1 Å². The van der Waals surface area contributed by atoms with Crippen molar-refractivity contribution in [1.29, 1.82) is 0 Å². The molecule has 1 aromatic heterocycles. The molecule has 2 aliphatic rings. The number of rotatable bonds is 2. The van der Waals surface area contributed by atoms with Crippen LogP contribution in [0.4, 0.5) is 18.3 Å². The standard InChI is InChI=1S/C14H22N4O2S.C2HF3O2/c1-11(2)12(19)17-5-3-4-14(8-17)9-18(6-7-20-14)13-16-15-10-21-13;3-2(4,5)1(6)7/h10-11H,3-9H2,1-2H3;(H,6,7). The fraction of sp³-hybridized carbons (Fsp3) is 0.750. The Kier molecular flexibility index (Phi) is 7.21. The topological polar surface area (TPSA) is 95.9 Å². The van der Waals surface area contributed by atoms with E-state index >= 15 is 0 Å². The SMILES string of the molecule is CC(C)C(=O)N1CCCC2(C1)CN(c1nncs1)CCO2.O=C(O)C(F)(F)F. The first kappa shape index (κ1) is 22.3. The number of carbonyl (C=O) groups is 2. The van der Waals surface area contributed by atoms with Crippen LogP contribution in [0, 0.1) is 5.92 Å². The summed E-state index contributed by atoms with van der Waals surface area (Å²) in [5, 5.41) is 16.2. The van der Waals surface area contributed by atoms with Crippen molar-refractivity contribution in [1.82, 2.24) is 15.1 Å². The van der Waals surface area contributed by atoms with E-state index in [0.717, 1.165) is 37.6 Å². The van der Waals surface area contributed by atoms with Crippen molar-refractivity contribution in [2.24, 2.45) is 5.92 Å². The Bertz CT molecular complexity index is 667. The van der Waals surface area contributed by atoms with Gasteiger partial charge in [0.05, 0.1) is 19.7 Å². The molecule has 2 saturated heterocycles. The number of aliphatic carboxylic acids is 1. The molecule has 0 aliphatic carbocycles. The van der Waals surface area contributed by atoms with Crippen molar-refractivity contribution >= 4 is 28.3 Å². The van der Waals surface area contributed by atoms with Gasteiger partial charge in [-0.1, -0.05) is 25.2 Å². The number of hydrogen-bond acceptors (Lipinski definition) is 7. The number of carboxylic acids is 1. The van der Waals surface area contributed by atoms with Crippen LogP contribution in [0.25, 0.3) is 0 Å². The molecule has 0 aromatic carbocycles. The molecule has 8 nitrogen and oxygen atoms in total. The van der Waals surface area contributed by atoms with Gasteiger partial charge in [0.25, 0.3) is 0 Å². The van der Waals surface area contributed by atoms with Crippen LogP contribution in [-0.4, -0.2) is 76.6 Å². The monoisotopic (exact) mass is 424 g/mol. The van der Waals surface area contributed by atoms with E-state index in [-0.39, 0.29) is 17.4 Å². The third kappa shape index (κ3) is 5.77. The Hall–Kier alpha value is -1.95. The molecule has 1 N–H and O–H groups in total. The molecule has 1 spiro atoms. The minimum atomic E-state index is -5.08. The maximum atomic E-state index is 12.3. The average Bonchev–Trinajstić information content (AvgIpc) is 3.15. The summed E-state index contributed by atoms with van der Waals surface area (Å²) < 4.78 is 37.9. The van der Waals surface area contributed by atoms with Crippen molar-refractivity contribution < 1.29 is 32.6 Å². The lowest BCUT2D eigenvalue weighted by Gasteiger charge is -2.48. The molecule has 0 radical (unpaired) electrons. The third-order valence-electron chi connectivity index (χ3n) is 4.46. The fourth-order valence-electron chi connectivity index (χ4n) is 3.21. The van der Waals surface area contributed by atoms with Crippen LogP contribution in [0.3, 0.4) is 0 Å². The van der Waals surface area contributed by atoms with E-state index in [9.17, 15) is 18.0 Å². The highest BCUT2D eigenvalue weighted by Crippen LogP contribution is 2.32. The molecule has 1 aromatic rings. The summed E-state index contributed by atoms with van der Waals surface area (Å²) in [6, 6.07) is 0. The fourth-order valence-corrected chi connectivity index (χ4v) is 3.80. The molecule has 1 atom stereocenters. The summed E-state index contributed by atoms with van der Waals surface area (Å²) in [6.45, 7) is 7.78. The first-order valence-corrected chi connectivity index (χ1v) is 9.66. The van der Waals surface area contributed by atoms with E-state index in [4.69, 9.17) is 14.6 Å². The summed E-state index contributed by atoms with van der Waals surface area (Å²) in [5.41, 5.74) is 1.51. The Morgan fingerprint density at radius 1 is 1.32 bits per heavy atom. The number of hydrogen-bond donors (Lipinski definition) is 1. The molecule has 3 rings (SSSR count). The van der Waals surface area contributed by atoms with E-state index < -0.39 is 12.1 Å². The van der Waals surface area contributed by atoms with Gasteiger partial charge in [0.1, 0.15) is 11.1 Å². The first-order chi connectivity index (χ1) is 13.0. The number of alkyl halides is 3. The number of ether oxygens (including phenoxy) is 1. The minimum Gasteiger partial charge on any atom is -0.475 e. The van der Waals surface area contributed by atoms with Gasteiger partial charge in [-0.2, -0.15) is 13.2 Å². The zero-order chi connectivity index (χ0) is 20.9. The third-order valence-corrected chi connectivity index (χ3v) is 5.21. The van der Waals surface area contributed by atoms with Gasteiger partial charge in [-0.25, -0.2) is 4.79 Å². The lowest BCUT2D eigenvalue weighted by Crippen LogP contribution is -2.61. The van der Waals surface area contributed by atoms with Crippen LogP contribution in [0.2, 0.25) is 0 Å². The van der Waals surface area contributed by atoms with Crippen LogP contribution in [0.15, 0.2) is 5.51 Å². The summed E-state index contributed by atoms with van der Waals surface area (Å²) in [7, 11) is 0. The second-order valence-corrected chi connectivity index (χ2v) is 7.81. The van der Waals surface area contributed by atoms with Gasteiger partial charge < -0.3 is 19.6 Å². The largest absolute Gasteiger partial charge is 0.490 e. The van der Waals surface area contributed by atoms with E-state index in [1.807, 2.05) is 18.7 Å². The number of amides is 1. The zero-order valence-corrected chi connectivity index (χ0v) is 16.4. The number of morpholine rings is 1. The maximum absolute atomic E-state index is 12.3. The van der Waals surface area contributed by atoms with Crippen LogP contribution in [0.1, 0.15) is 26.7 Å². The normalized spacial score (nSPS) is 22.8. The van der Waals surface area contributed by atoms with Gasteiger partial charge in [0.15, 0.2) is 0 Å². The lowest BCUT2D eigenvalue weighted by molar-refractivity contribution is -0.192. The van der Waals surface area contributed by atoms with E-state index in [1.54, 1.807) is 16.8 Å². The van der Waals surface area contributed by atoms with Crippen molar-refractivity contribution in [3.05, 3.63) is 5.51 Å². The van der Waals surface area contributed by atoms with Crippen LogP contribution in [0.5, 0.6) is 0 Å². The van der Waals surface area contributed by atoms with Gasteiger partial charge in [-0.3, -0.25) is 4.79 Å². The Morgan fingerprint density at radius 3 is 2.54 bits per heavy atom. The number of anilines is 1. The number of nitrogens with zero attached hydrogens (tertiary/aromatic N) is 4. The van der Waals surface area contributed by atoms with Crippen LogP contribution in [-0.2, 0) is 14.3 Å².